The molecular formula is C15H17ClN4O2. The molecule has 0 aliphatic carbocycles. The fourth-order valence-electron chi connectivity index (χ4n) is 2.29. The molecule has 0 saturated carbocycles. The van der Waals surface area contributed by atoms with E-state index < -0.39 is 0 Å². The van der Waals surface area contributed by atoms with Crippen LogP contribution in [0, 0.1) is 11.3 Å². The number of rotatable bonds is 3. The highest BCUT2D eigenvalue weighted by molar-refractivity contribution is 6.30. The fourth-order valence-corrected chi connectivity index (χ4v) is 2.45. The Hall–Kier alpha value is -2.10. The zero-order valence-electron chi connectivity index (χ0n) is 12.4. The molecule has 1 aromatic rings. The van der Waals surface area contributed by atoms with E-state index in [-0.39, 0.29) is 23.7 Å². The summed E-state index contributed by atoms with van der Waals surface area (Å²) in [5.41, 5.74) is 0.0167. The number of amides is 1. The lowest BCUT2D eigenvalue weighted by atomic mass is 10.2. The lowest BCUT2D eigenvalue weighted by Crippen LogP contribution is -2.48. The SMILES string of the molecule is CC1CN(C(=O)/C(C#N)=C\Nc2cc(Cl)ccn2)CC(C)O1. The molecule has 0 aromatic carbocycles. The number of anilines is 1. The number of nitrogens with one attached hydrogen (secondary N) is 1. The van der Waals surface area contributed by atoms with Crippen LogP contribution in [-0.4, -0.2) is 41.1 Å². The first-order valence-corrected chi connectivity index (χ1v) is 7.30. The van der Waals surface area contributed by atoms with Gasteiger partial charge in [-0.1, -0.05) is 11.6 Å². The molecule has 1 amide bonds. The predicted molar refractivity (Wildman–Crippen MR) is 83.2 cm³/mol. The van der Waals surface area contributed by atoms with Crippen molar-refractivity contribution >= 4 is 23.3 Å². The van der Waals surface area contributed by atoms with E-state index in [9.17, 15) is 10.1 Å². The average molecular weight is 321 g/mol. The lowest BCUT2D eigenvalue weighted by Gasteiger charge is -2.35. The average Bonchev–Trinajstić information content (AvgIpc) is 2.46. The van der Waals surface area contributed by atoms with Crippen molar-refractivity contribution in [1.29, 1.82) is 5.26 Å². The minimum atomic E-state index is -0.320. The molecule has 0 spiro atoms. The minimum Gasteiger partial charge on any atom is -0.372 e. The zero-order valence-corrected chi connectivity index (χ0v) is 13.2. The Morgan fingerprint density at radius 3 is 2.82 bits per heavy atom. The van der Waals surface area contributed by atoms with Gasteiger partial charge in [-0.2, -0.15) is 5.26 Å². The maximum absolute atomic E-state index is 12.4. The molecule has 1 saturated heterocycles. The summed E-state index contributed by atoms with van der Waals surface area (Å²) in [5, 5.41) is 12.5. The van der Waals surface area contributed by atoms with Gasteiger partial charge in [-0.3, -0.25) is 4.79 Å². The second-order valence-electron chi connectivity index (χ2n) is 5.14. The van der Waals surface area contributed by atoms with Crippen molar-refractivity contribution in [3.63, 3.8) is 0 Å². The fraction of sp³-hybridized carbons (Fsp3) is 0.400. The molecule has 1 aliphatic rings. The van der Waals surface area contributed by atoms with Gasteiger partial charge in [0.2, 0.25) is 0 Å². The van der Waals surface area contributed by atoms with Gasteiger partial charge in [0.05, 0.1) is 12.2 Å². The number of hydrogen-bond acceptors (Lipinski definition) is 5. The van der Waals surface area contributed by atoms with Crippen LogP contribution in [0.3, 0.4) is 0 Å². The highest BCUT2D eigenvalue weighted by Crippen LogP contribution is 2.15. The van der Waals surface area contributed by atoms with Crippen molar-refractivity contribution in [3.8, 4) is 6.07 Å². The van der Waals surface area contributed by atoms with E-state index in [4.69, 9.17) is 16.3 Å². The molecule has 2 heterocycles. The van der Waals surface area contributed by atoms with E-state index in [2.05, 4.69) is 10.3 Å². The van der Waals surface area contributed by atoms with Crippen LogP contribution in [0.25, 0.3) is 0 Å². The number of hydrogen-bond donors (Lipinski definition) is 1. The van der Waals surface area contributed by atoms with Gasteiger partial charge in [0.15, 0.2) is 0 Å². The third-order valence-electron chi connectivity index (χ3n) is 3.14. The third-order valence-corrected chi connectivity index (χ3v) is 3.38. The normalized spacial score (nSPS) is 22.1. The van der Waals surface area contributed by atoms with Gasteiger partial charge in [0, 0.05) is 30.5 Å². The quantitative estimate of drug-likeness (QED) is 0.682. The van der Waals surface area contributed by atoms with Crippen LogP contribution in [0.4, 0.5) is 5.82 Å². The topological polar surface area (TPSA) is 78.3 Å². The molecule has 1 aliphatic heterocycles. The molecule has 2 unspecified atom stereocenters. The van der Waals surface area contributed by atoms with Crippen LogP contribution in [-0.2, 0) is 9.53 Å². The maximum Gasteiger partial charge on any atom is 0.266 e. The van der Waals surface area contributed by atoms with Crippen LogP contribution in [0.1, 0.15) is 13.8 Å². The molecule has 1 aromatic heterocycles. The van der Waals surface area contributed by atoms with Gasteiger partial charge < -0.3 is 15.0 Å². The van der Waals surface area contributed by atoms with Gasteiger partial charge in [0.25, 0.3) is 5.91 Å². The number of nitrogens with zero attached hydrogens (tertiary/aromatic N) is 3. The predicted octanol–water partition coefficient (Wildman–Crippen LogP) is 2.19. The van der Waals surface area contributed by atoms with E-state index in [1.807, 2.05) is 19.9 Å². The number of morpholine rings is 1. The summed E-state index contributed by atoms with van der Waals surface area (Å²) in [7, 11) is 0. The number of aromatic nitrogens is 1. The molecule has 116 valence electrons. The van der Waals surface area contributed by atoms with Crippen LogP contribution in [0.5, 0.6) is 0 Å². The molecule has 22 heavy (non-hydrogen) atoms. The summed E-state index contributed by atoms with van der Waals surface area (Å²) >= 11 is 5.86. The standard InChI is InChI=1S/C15H17ClN4O2/c1-10-8-20(9-11(2)22-10)15(21)12(6-17)7-19-14-5-13(16)3-4-18-14/h3-5,7,10-11H,8-9H2,1-2H3,(H,18,19)/b12-7-. The van der Waals surface area contributed by atoms with Gasteiger partial charge >= 0.3 is 0 Å². The number of ether oxygens (including phenoxy) is 1. The third kappa shape index (κ3) is 4.20. The summed E-state index contributed by atoms with van der Waals surface area (Å²) in [6.07, 6.45) is 2.80. The number of carbonyl (C=O) groups excluding carboxylic acids is 1. The minimum absolute atomic E-state index is 0.0167. The lowest BCUT2D eigenvalue weighted by molar-refractivity contribution is -0.138. The Morgan fingerprint density at radius 2 is 2.23 bits per heavy atom. The first kappa shape index (κ1) is 16.3. The number of pyridine rings is 1. The van der Waals surface area contributed by atoms with Gasteiger partial charge in [-0.15, -0.1) is 0 Å². The van der Waals surface area contributed by atoms with Crippen molar-refractivity contribution in [2.24, 2.45) is 0 Å². The number of carbonyl (C=O) groups is 1. The summed E-state index contributed by atoms with van der Waals surface area (Å²) in [4.78, 5) is 18.1. The molecular weight excluding hydrogens is 304 g/mol. The highest BCUT2D eigenvalue weighted by Gasteiger charge is 2.27. The summed E-state index contributed by atoms with van der Waals surface area (Å²) in [6.45, 7) is 4.74. The van der Waals surface area contributed by atoms with Crippen molar-refractivity contribution in [2.45, 2.75) is 26.1 Å². The van der Waals surface area contributed by atoms with E-state index in [0.29, 0.717) is 23.9 Å². The van der Waals surface area contributed by atoms with Crippen molar-refractivity contribution < 1.29 is 9.53 Å². The smallest absolute Gasteiger partial charge is 0.266 e. The van der Waals surface area contributed by atoms with Gasteiger partial charge in [-0.25, -0.2) is 4.98 Å². The Labute approximate surface area is 134 Å². The second kappa shape index (κ2) is 7.25. The molecule has 6 nitrogen and oxygen atoms in total. The second-order valence-corrected chi connectivity index (χ2v) is 5.58. The van der Waals surface area contributed by atoms with E-state index >= 15 is 0 Å². The van der Waals surface area contributed by atoms with E-state index in [1.54, 1.807) is 17.0 Å². The van der Waals surface area contributed by atoms with Crippen molar-refractivity contribution in [1.82, 2.24) is 9.88 Å². The molecule has 2 atom stereocenters. The first-order chi connectivity index (χ1) is 10.5. The summed E-state index contributed by atoms with van der Waals surface area (Å²) in [6, 6.07) is 5.17. The molecule has 2 rings (SSSR count). The molecule has 0 bridgehead atoms. The summed E-state index contributed by atoms with van der Waals surface area (Å²) < 4.78 is 5.59. The van der Waals surface area contributed by atoms with Crippen LogP contribution < -0.4 is 5.32 Å². The highest BCUT2D eigenvalue weighted by atomic mass is 35.5. The largest absolute Gasteiger partial charge is 0.372 e. The molecule has 7 heteroatoms. The van der Waals surface area contributed by atoms with Crippen LogP contribution in [0.2, 0.25) is 5.02 Å². The molecule has 0 radical (unpaired) electrons. The van der Waals surface area contributed by atoms with Crippen molar-refractivity contribution in [2.75, 3.05) is 18.4 Å². The first-order valence-electron chi connectivity index (χ1n) is 6.92. The van der Waals surface area contributed by atoms with E-state index in [0.717, 1.165) is 0 Å². The number of nitriles is 1. The van der Waals surface area contributed by atoms with Crippen LogP contribution >= 0.6 is 11.6 Å². The Balaban J connectivity index is 2.08. The monoisotopic (exact) mass is 320 g/mol. The summed E-state index contributed by atoms with van der Waals surface area (Å²) in [5.74, 6) is 0.149. The molecule has 1 fully saturated rings. The van der Waals surface area contributed by atoms with Gasteiger partial charge in [0.1, 0.15) is 17.5 Å². The molecule has 1 N–H and O–H groups in total. The Bertz CT molecular complexity index is 616. The van der Waals surface area contributed by atoms with Crippen molar-refractivity contribution in [3.05, 3.63) is 35.1 Å². The Kier molecular flexibility index (Phi) is 5.36. The maximum atomic E-state index is 12.4. The Morgan fingerprint density at radius 1 is 1.55 bits per heavy atom. The number of halogens is 1. The van der Waals surface area contributed by atoms with Gasteiger partial charge in [-0.05, 0) is 26.0 Å². The van der Waals surface area contributed by atoms with Crippen LogP contribution in [0.15, 0.2) is 30.1 Å². The zero-order chi connectivity index (χ0) is 16.1. The van der Waals surface area contributed by atoms with E-state index in [1.165, 1.54) is 12.4 Å².